The summed E-state index contributed by atoms with van der Waals surface area (Å²) in [7, 11) is 0. The zero-order chi connectivity index (χ0) is 15.1. The van der Waals surface area contributed by atoms with E-state index in [1.54, 1.807) is 6.20 Å². The number of rotatable bonds is 2. The molecule has 4 rings (SSSR count). The van der Waals surface area contributed by atoms with Crippen molar-refractivity contribution >= 4 is 16.9 Å². The first-order chi connectivity index (χ1) is 10.7. The van der Waals surface area contributed by atoms with Crippen LogP contribution in [0.1, 0.15) is 43.1 Å². The Morgan fingerprint density at radius 2 is 2.14 bits per heavy atom. The van der Waals surface area contributed by atoms with Crippen LogP contribution in [-0.2, 0) is 4.79 Å². The smallest absolute Gasteiger partial charge is 0.225 e. The quantitative estimate of drug-likeness (QED) is 0.854. The van der Waals surface area contributed by atoms with Gasteiger partial charge in [0, 0.05) is 36.5 Å². The minimum atomic E-state index is 0.296. The molecular formula is C17H20N4O. The minimum absolute atomic E-state index is 0.296. The van der Waals surface area contributed by atoms with Gasteiger partial charge in [0.15, 0.2) is 5.65 Å². The molecule has 5 nitrogen and oxygen atoms in total. The molecule has 2 aromatic rings. The normalized spacial score (nSPS) is 22.0. The van der Waals surface area contributed by atoms with Crippen molar-refractivity contribution in [1.29, 1.82) is 0 Å². The standard InChI is InChI=1S/C17H20N4O/c1-11-19-15(14-5-2-8-18-16(14)20-11)13-4-3-9-21(10-13)17(22)12-6-7-12/h2,5,8,12-13H,3-4,6-7,9-10H2,1H3/t13-/m1/s1. The van der Waals surface area contributed by atoms with E-state index in [0.717, 1.165) is 61.3 Å². The number of amides is 1. The van der Waals surface area contributed by atoms with Gasteiger partial charge in [0.1, 0.15) is 5.82 Å². The zero-order valence-corrected chi connectivity index (χ0v) is 12.8. The van der Waals surface area contributed by atoms with Crippen LogP contribution in [0.4, 0.5) is 0 Å². The van der Waals surface area contributed by atoms with E-state index in [0.29, 0.717) is 17.7 Å². The third-order valence-corrected chi connectivity index (χ3v) is 4.66. The van der Waals surface area contributed by atoms with Crippen LogP contribution >= 0.6 is 0 Å². The van der Waals surface area contributed by atoms with Gasteiger partial charge in [-0.2, -0.15) is 0 Å². The van der Waals surface area contributed by atoms with Crippen molar-refractivity contribution in [2.75, 3.05) is 13.1 Å². The summed E-state index contributed by atoms with van der Waals surface area (Å²) in [5, 5.41) is 1.03. The van der Waals surface area contributed by atoms with Gasteiger partial charge < -0.3 is 4.90 Å². The van der Waals surface area contributed by atoms with Crippen LogP contribution < -0.4 is 0 Å². The molecule has 1 saturated carbocycles. The summed E-state index contributed by atoms with van der Waals surface area (Å²) in [6, 6.07) is 3.97. The molecule has 22 heavy (non-hydrogen) atoms. The van der Waals surface area contributed by atoms with Gasteiger partial charge in [-0.3, -0.25) is 4.79 Å². The molecule has 3 heterocycles. The topological polar surface area (TPSA) is 59.0 Å². The number of fused-ring (bicyclic) bond motifs is 1. The first kappa shape index (κ1) is 13.6. The lowest BCUT2D eigenvalue weighted by Crippen LogP contribution is -2.40. The summed E-state index contributed by atoms with van der Waals surface area (Å²) < 4.78 is 0. The first-order valence-electron chi connectivity index (χ1n) is 8.10. The Balaban J connectivity index is 1.67. The molecule has 0 unspecified atom stereocenters. The van der Waals surface area contributed by atoms with E-state index in [2.05, 4.69) is 9.97 Å². The largest absolute Gasteiger partial charge is 0.342 e. The number of carbonyl (C=O) groups is 1. The van der Waals surface area contributed by atoms with E-state index in [-0.39, 0.29) is 0 Å². The van der Waals surface area contributed by atoms with Crippen LogP contribution in [0.15, 0.2) is 18.3 Å². The molecule has 1 saturated heterocycles. The van der Waals surface area contributed by atoms with Gasteiger partial charge in [0.05, 0.1) is 5.69 Å². The number of carbonyl (C=O) groups excluding carboxylic acids is 1. The van der Waals surface area contributed by atoms with Gasteiger partial charge in [-0.1, -0.05) is 0 Å². The zero-order valence-electron chi connectivity index (χ0n) is 12.8. The second-order valence-electron chi connectivity index (χ2n) is 6.43. The van der Waals surface area contributed by atoms with Gasteiger partial charge >= 0.3 is 0 Å². The Labute approximate surface area is 129 Å². The average molecular weight is 296 g/mol. The molecule has 2 aliphatic rings. The lowest BCUT2D eigenvalue weighted by atomic mass is 9.92. The lowest BCUT2D eigenvalue weighted by molar-refractivity contribution is -0.133. The van der Waals surface area contributed by atoms with Crippen LogP contribution in [0.5, 0.6) is 0 Å². The number of aromatic nitrogens is 3. The fourth-order valence-electron chi connectivity index (χ4n) is 3.40. The summed E-state index contributed by atoms with van der Waals surface area (Å²) in [6.07, 6.45) is 6.03. The van der Waals surface area contributed by atoms with Crippen molar-refractivity contribution in [3.63, 3.8) is 0 Å². The molecule has 0 radical (unpaired) electrons. The van der Waals surface area contributed by atoms with E-state index in [1.807, 2.05) is 24.0 Å². The van der Waals surface area contributed by atoms with Crippen LogP contribution in [-0.4, -0.2) is 38.8 Å². The Bertz CT molecular complexity index is 726. The van der Waals surface area contributed by atoms with Crippen LogP contribution in [0.25, 0.3) is 11.0 Å². The molecule has 0 bridgehead atoms. The molecule has 0 aromatic carbocycles. The summed E-state index contributed by atoms with van der Waals surface area (Å²) in [5.41, 5.74) is 1.82. The van der Waals surface area contributed by atoms with Crippen molar-refractivity contribution in [1.82, 2.24) is 19.9 Å². The second-order valence-corrected chi connectivity index (χ2v) is 6.43. The molecule has 0 spiro atoms. The third kappa shape index (κ3) is 2.45. The summed E-state index contributed by atoms with van der Waals surface area (Å²) >= 11 is 0. The molecule has 1 amide bonds. The van der Waals surface area contributed by atoms with Gasteiger partial charge in [-0.25, -0.2) is 15.0 Å². The van der Waals surface area contributed by atoms with E-state index < -0.39 is 0 Å². The Morgan fingerprint density at radius 1 is 1.27 bits per heavy atom. The Hall–Kier alpha value is -2.04. The van der Waals surface area contributed by atoms with Crippen molar-refractivity contribution in [3.05, 3.63) is 29.8 Å². The summed E-state index contributed by atoms with van der Waals surface area (Å²) in [6.45, 7) is 3.59. The Morgan fingerprint density at radius 3 is 2.95 bits per heavy atom. The number of hydrogen-bond donors (Lipinski definition) is 0. The number of nitrogens with zero attached hydrogens (tertiary/aromatic N) is 4. The minimum Gasteiger partial charge on any atom is -0.342 e. The monoisotopic (exact) mass is 296 g/mol. The SMILES string of the molecule is Cc1nc([C@@H]2CCCN(C(=O)C3CC3)C2)c2cccnc2n1. The molecule has 1 atom stereocenters. The van der Waals surface area contributed by atoms with Crippen molar-refractivity contribution < 1.29 is 4.79 Å². The predicted molar refractivity (Wildman–Crippen MR) is 83.3 cm³/mol. The van der Waals surface area contributed by atoms with Crippen LogP contribution in [0, 0.1) is 12.8 Å². The van der Waals surface area contributed by atoms with E-state index in [4.69, 9.17) is 4.98 Å². The maximum absolute atomic E-state index is 12.3. The highest BCUT2D eigenvalue weighted by molar-refractivity contribution is 5.81. The molecule has 1 aliphatic heterocycles. The van der Waals surface area contributed by atoms with Crippen molar-refractivity contribution in [2.24, 2.45) is 5.92 Å². The van der Waals surface area contributed by atoms with E-state index in [1.165, 1.54) is 0 Å². The van der Waals surface area contributed by atoms with Crippen LogP contribution in [0.2, 0.25) is 0 Å². The second kappa shape index (κ2) is 5.30. The van der Waals surface area contributed by atoms with Crippen molar-refractivity contribution in [2.45, 2.75) is 38.5 Å². The molecule has 2 fully saturated rings. The van der Waals surface area contributed by atoms with Crippen LogP contribution in [0.3, 0.4) is 0 Å². The molecule has 0 N–H and O–H groups in total. The highest BCUT2D eigenvalue weighted by Crippen LogP contribution is 2.35. The molecule has 1 aliphatic carbocycles. The maximum atomic E-state index is 12.3. The van der Waals surface area contributed by atoms with E-state index in [9.17, 15) is 4.79 Å². The molecular weight excluding hydrogens is 276 g/mol. The van der Waals surface area contributed by atoms with Crippen molar-refractivity contribution in [3.8, 4) is 0 Å². The highest BCUT2D eigenvalue weighted by Gasteiger charge is 2.36. The van der Waals surface area contributed by atoms with E-state index >= 15 is 0 Å². The molecule has 5 heteroatoms. The maximum Gasteiger partial charge on any atom is 0.225 e. The van der Waals surface area contributed by atoms with Gasteiger partial charge in [0.2, 0.25) is 5.91 Å². The summed E-state index contributed by atoms with van der Waals surface area (Å²) in [5.74, 6) is 1.69. The summed E-state index contributed by atoms with van der Waals surface area (Å²) in [4.78, 5) is 27.9. The number of pyridine rings is 1. The fraction of sp³-hybridized carbons (Fsp3) is 0.529. The average Bonchev–Trinajstić information content (AvgIpc) is 3.38. The Kier molecular flexibility index (Phi) is 3.28. The number of piperidine rings is 1. The first-order valence-corrected chi connectivity index (χ1v) is 8.10. The third-order valence-electron chi connectivity index (χ3n) is 4.66. The molecule has 2 aromatic heterocycles. The lowest BCUT2D eigenvalue weighted by Gasteiger charge is -2.33. The fourth-order valence-corrected chi connectivity index (χ4v) is 3.40. The van der Waals surface area contributed by atoms with Gasteiger partial charge in [-0.05, 0) is 44.7 Å². The number of hydrogen-bond acceptors (Lipinski definition) is 4. The highest BCUT2D eigenvalue weighted by atomic mass is 16.2. The number of likely N-dealkylation sites (tertiary alicyclic amines) is 1. The predicted octanol–water partition coefficient (Wildman–Crippen LogP) is 2.45. The number of aryl methyl sites for hydroxylation is 1. The molecule has 114 valence electrons. The van der Waals surface area contributed by atoms with Gasteiger partial charge in [0.25, 0.3) is 0 Å². The van der Waals surface area contributed by atoms with Gasteiger partial charge in [-0.15, -0.1) is 0 Å².